The van der Waals surface area contributed by atoms with E-state index in [1.165, 1.54) is 40.9 Å². The number of phenols is 2. The van der Waals surface area contributed by atoms with E-state index in [1.54, 1.807) is 19.2 Å². The van der Waals surface area contributed by atoms with Crippen LogP contribution >= 0.6 is 0 Å². The second-order valence-electron chi connectivity index (χ2n) is 6.24. The number of rotatable bonds is 6. The van der Waals surface area contributed by atoms with Crippen molar-refractivity contribution in [1.29, 1.82) is 0 Å². The Morgan fingerprint density at radius 2 is 1.64 bits per heavy atom. The first kappa shape index (κ1) is 19.6. The molecule has 28 heavy (non-hydrogen) atoms. The van der Waals surface area contributed by atoms with Crippen LogP contribution in [0.2, 0.25) is 0 Å². The average molecular weight is 396 g/mol. The third-order valence-electron chi connectivity index (χ3n) is 4.16. The van der Waals surface area contributed by atoms with Gasteiger partial charge in [0.1, 0.15) is 11.5 Å². The van der Waals surface area contributed by atoms with Gasteiger partial charge in [-0.15, -0.1) is 0 Å². The van der Waals surface area contributed by atoms with Crippen LogP contribution < -0.4 is 0 Å². The van der Waals surface area contributed by atoms with Crippen LogP contribution in [0.4, 0.5) is 5.69 Å². The summed E-state index contributed by atoms with van der Waals surface area (Å²) in [6.07, 6.45) is 1.44. The number of phenolic OH excluding ortho intramolecular Hbond substituents is 2. The number of hydrogen-bond donors (Lipinski definition) is 2. The van der Waals surface area contributed by atoms with Gasteiger partial charge < -0.3 is 10.2 Å². The largest absolute Gasteiger partial charge is 0.508 e. The molecule has 0 heterocycles. The fraction of sp³-hybridized carbons (Fsp3) is 0.0952. The Labute approximate surface area is 164 Å². The third kappa shape index (κ3) is 4.57. The van der Waals surface area contributed by atoms with E-state index in [2.05, 4.69) is 4.99 Å². The quantitative estimate of drug-likeness (QED) is 0.622. The van der Waals surface area contributed by atoms with Crippen molar-refractivity contribution in [1.82, 2.24) is 4.31 Å². The second-order valence-corrected chi connectivity index (χ2v) is 8.29. The molecule has 0 aromatic heterocycles. The van der Waals surface area contributed by atoms with Crippen LogP contribution in [0.3, 0.4) is 0 Å². The average Bonchev–Trinajstić information content (AvgIpc) is 2.68. The van der Waals surface area contributed by atoms with Crippen LogP contribution in [0.5, 0.6) is 11.5 Å². The molecule has 3 rings (SSSR count). The van der Waals surface area contributed by atoms with Gasteiger partial charge in [-0.1, -0.05) is 30.3 Å². The molecular weight excluding hydrogens is 376 g/mol. The maximum atomic E-state index is 12.7. The highest BCUT2D eigenvalue weighted by Crippen LogP contribution is 2.23. The van der Waals surface area contributed by atoms with Crippen molar-refractivity contribution in [2.45, 2.75) is 11.4 Å². The minimum Gasteiger partial charge on any atom is -0.508 e. The van der Waals surface area contributed by atoms with E-state index >= 15 is 0 Å². The lowest BCUT2D eigenvalue weighted by Crippen LogP contribution is -2.26. The van der Waals surface area contributed by atoms with E-state index in [-0.39, 0.29) is 22.9 Å². The zero-order valence-corrected chi connectivity index (χ0v) is 16.0. The predicted octanol–water partition coefficient (Wildman–Crippen LogP) is 3.67. The van der Waals surface area contributed by atoms with Crippen molar-refractivity contribution >= 4 is 21.9 Å². The van der Waals surface area contributed by atoms with Crippen LogP contribution in [-0.2, 0) is 16.6 Å². The highest BCUT2D eigenvalue weighted by Gasteiger charge is 2.20. The number of benzene rings is 3. The Morgan fingerprint density at radius 1 is 0.964 bits per heavy atom. The SMILES string of the molecule is CN(Cc1ccccc1)S(=O)(=O)c1ccc(N=Cc2ccc(O)cc2O)cc1. The number of aromatic hydroxyl groups is 2. The molecule has 0 aliphatic heterocycles. The van der Waals surface area contributed by atoms with Crippen LogP contribution in [0, 0.1) is 0 Å². The third-order valence-corrected chi connectivity index (χ3v) is 5.98. The topological polar surface area (TPSA) is 90.2 Å². The van der Waals surface area contributed by atoms with Crippen molar-refractivity contribution < 1.29 is 18.6 Å². The zero-order valence-electron chi connectivity index (χ0n) is 15.2. The van der Waals surface area contributed by atoms with Crippen molar-refractivity contribution in [3.8, 4) is 11.5 Å². The van der Waals surface area contributed by atoms with Crippen LogP contribution in [0.25, 0.3) is 0 Å². The minimum absolute atomic E-state index is 0.0381. The van der Waals surface area contributed by atoms with Crippen LogP contribution in [0.1, 0.15) is 11.1 Å². The van der Waals surface area contributed by atoms with Gasteiger partial charge >= 0.3 is 0 Å². The molecule has 0 unspecified atom stereocenters. The molecule has 3 aromatic carbocycles. The molecule has 0 radical (unpaired) electrons. The summed E-state index contributed by atoms with van der Waals surface area (Å²) in [5.74, 6) is -0.130. The summed E-state index contributed by atoms with van der Waals surface area (Å²) >= 11 is 0. The van der Waals surface area contributed by atoms with Gasteiger partial charge in [-0.05, 0) is 42.0 Å². The Balaban J connectivity index is 1.74. The van der Waals surface area contributed by atoms with Gasteiger partial charge in [0.05, 0.1) is 10.6 Å². The first-order chi connectivity index (χ1) is 13.4. The molecule has 0 saturated heterocycles. The molecule has 0 bridgehead atoms. The van der Waals surface area contributed by atoms with Gasteiger partial charge in [-0.3, -0.25) is 4.99 Å². The maximum Gasteiger partial charge on any atom is 0.243 e. The fourth-order valence-corrected chi connectivity index (χ4v) is 3.75. The molecule has 7 heteroatoms. The van der Waals surface area contributed by atoms with Gasteiger partial charge in [0, 0.05) is 31.4 Å². The fourth-order valence-electron chi connectivity index (χ4n) is 2.59. The normalized spacial score (nSPS) is 11.9. The molecule has 144 valence electrons. The van der Waals surface area contributed by atoms with Crippen molar-refractivity contribution in [2.24, 2.45) is 4.99 Å². The molecule has 2 N–H and O–H groups in total. The van der Waals surface area contributed by atoms with Gasteiger partial charge in [-0.25, -0.2) is 8.42 Å². The maximum absolute atomic E-state index is 12.7. The molecule has 0 spiro atoms. The highest BCUT2D eigenvalue weighted by atomic mass is 32.2. The van der Waals surface area contributed by atoms with Crippen molar-refractivity contribution in [2.75, 3.05) is 7.05 Å². The van der Waals surface area contributed by atoms with E-state index in [9.17, 15) is 18.6 Å². The number of nitrogens with zero attached hydrogens (tertiary/aromatic N) is 2. The smallest absolute Gasteiger partial charge is 0.243 e. The predicted molar refractivity (Wildman–Crippen MR) is 109 cm³/mol. The van der Waals surface area contributed by atoms with E-state index in [0.29, 0.717) is 11.3 Å². The lowest BCUT2D eigenvalue weighted by atomic mass is 10.2. The van der Waals surface area contributed by atoms with E-state index in [1.807, 2.05) is 30.3 Å². The molecule has 6 nitrogen and oxygen atoms in total. The Kier molecular flexibility index (Phi) is 5.77. The minimum atomic E-state index is -3.62. The summed E-state index contributed by atoms with van der Waals surface area (Å²) in [7, 11) is -2.08. The molecule has 0 aliphatic rings. The number of aliphatic imine (C=N–C) groups is 1. The lowest BCUT2D eigenvalue weighted by Gasteiger charge is -2.17. The molecule has 0 aliphatic carbocycles. The van der Waals surface area contributed by atoms with Gasteiger partial charge in [0.15, 0.2) is 0 Å². The Bertz CT molecular complexity index is 1080. The molecule has 0 atom stereocenters. The number of hydrogen-bond acceptors (Lipinski definition) is 5. The zero-order chi connectivity index (χ0) is 20.1. The monoisotopic (exact) mass is 396 g/mol. The van der Waals surface area contributed by atoms with Crippen LogP contribution in [0.15, 0.2) is 82.7 Å². The number of sulfonamides is 1. The van der Waals surface area contributed by atoms with E-state index in [4.69, 9.17) is 0 Å². The van der Waals surface area contributed by atoms with Gasteiger partial charge in [0.25, 0.3) is 0 Å². The van der Waals surface area contributed by atoms with Crippen LogP contribution in [-0.4, -0.2) is 36.2 Å². The summed E-state index contributed by atoms with van der Waals surface area (Å²) in [5.41, 5.74) is 1.89. The Hall–Kier alpha value is -3.16. The molecule has 3 aromatic rings. The molecule has 0 fully saturated rings. The van der Waals surface area contributed by atoms with E-state index < -0.39 is 10.0 Å². The Morgan fingerprint density at radius 3 is 2.29 bits per heavy atom. The standard InChI is InChI=1S/C21H20N2O4S/c1-23(15-16-5-3-2-4-6-16)28(26,27)20-11-8-18(9-12-20)22-14-17-7-10-19(24)13-21(17)25/h2-14,24-25H,15H2,1H3. The first-order valence-corrected chi connectivity index (χ1v) is 9.96. The molecule has 0 saturated carbocycles. The summed E-state index contributed by atoms with van der Waals surface area (Å²) in [4.78, 5) is 4.41. The summed E-state index contributed by atoms with van der Waals surface area (Å²) in [6.45, 7) is 0.281. The first-order valence-electron chi connectivity index (χ1n) is 8.52. The summed E-state index contributed by atoms with van der Waals surface area (Å²) < 4.78 is 26.8. The van der Waals surface area contributed by atoms with E-state index in [0.717, 1.165) is 5.56 Å². The lowest BCUT2D eigenvalue weighted by molar-refractivity contribution is 0.450. The summed E-state index contributed by atoms with van der Waals surface area (Å²) in [5, 5.41) is 19.1. The van der Waals surface area contributed by atoms with Gasteiger partial charge in [-0.2, -0.15) is 4.31 Å². The van der Waals surface area contributed by atoms with Crippen molar-refractivity contribution in [3.05, 3.63) is 83.9 Å². The van der Waals surface area contributed by atoms with Gasteiger partial charge in [0.2, 0.25) is 10.0 Å². The summed E-state index contributed by atoms with van der Waals surface area (Å²) in [6, 6.07) is 19.8. The molecule has 0 amide bonds. The molecular formula is C21H20N2O4S. The van der Waals surface area contributed by atoms with Crippen molar-refractivity contribution in [3.63, 3.8) is 0 Å². The highest BCUT2D eigenvalue weighted by molar-refractivity contribution is 7.89. The second kappa shape index (κ2) is 8.24.